The van der Waals surface area contributed by atoms with E-state index >= 15 is 0 Å². The lowest BCUT2D eigenvalue weighted by Gasteiger charge is -2.25. The van der Waals surface area contributed by atoms with E-state index < -0.39 is 0 Å². The SMILES string of the molecule is NCC1CCC(c2nc(C3CCCC3)n[nH]2)CC1. The molecule has 0 aromatic carbocycles. The van der Waals surface area contributed by atoms with Gasteiger partial charge in [-0.1, -0.05) is 12.8 Å². The maximum Gasteiger partial charge on any atom is 0.153 e. The number of hydrogen-bond donors (Lipinski definition) is 2. The largest absolute Gasteiger partial charge is 0.330 e. The van der Waals surface area contributed by atoms with E-state index in [9.17, 15) is 0 Å². The highest BCUT2D eigenvalue weighted by Gasteiger charge is 2.26. The number of nitrogens with two attached hydrogens (primary N) is 1. The van der Waals surface area contributed by atoms with E-state index in [0.29, 0.717) is 11.8 Å². The average molecular weight is 248 g/mol. The summed E-state index contributed by atoms with van der Waals surface area (Å²) in [4.78, 5) is 4.77. The van der Waals surface area contributed by atoms with Gasteiger partial charge in [0.1, 0.15) is 5.82 Å². The average Bonchev–Trinajstić information content (AvgIpc) is 3.09. The van der Waals surface area contributed by atoms with E-state index in [2.05, 4.69) is 10.2 Å². The molecule has 3 rings (SSSR count). The zero-order valence-corrected chi connectivity index (χ0v) is 11.1. The van der Waals surface area contributed by atoms with Crippen molar-refractivity contribution in [2.45, 2.75) is 63.2 Å². The Labute approximate surface area is 109 Å². The van der Waals surface area contributed by atoms with E-state index in [1.54, 1.807) is 0 Å². The second-order valence-electron chi connectivity index (χ2n) is 6.01. The summed E-state index contributed by atoms with van der Waals surface area (Å²) in [6.07, 6.45) is 10.2. The Bertz CT molecular complexity index is 373. The van der Waals surface area contributed by atoms with E-state index in [0.717, 1.165) is 24.1 Å². The van der Waals surface area contributed by atoms with Crippen molar-refractivity contribution < 1.29 is 0 Å². The van der Waals surface area contributed by atoms with Gasteiger partial charge in [-0.3, -0.25) is 5.10 Å². The van der Waals surface area contributed by atoms with Crippen LogP contribution in [0.2, 0.25) is 0 Å². The smallest absolute Gasteiger partial charge is 0.153 e. The molecule has 4 nitrogen and oxygen atoms in total. The fraction of sp³-hybridized carbons (Fsp3) is 0.857. The summed E-state index contributed by atoms with van der Waals surface area (Å²) in [5.74, 6) is 4.15. The Hall–Kier alpha value is -0.900. The number of hydrogen-bond acceptors (Lipinski definition) is 3. The molecular formula is C14H24N4. The summed E-state index contributed by atoms with van der Waals surface area (Å²) in [5.41, 5.74) is 5.74. The van der Waals surface area contributed by atoms with Gasteiger partial charge in [0.25, 0.3) is 0 Å². The molecule has 1 aromatic heterocycles. The predicted molar refractivity (Wildman–Crippen MR) is 71.3 cm³/mol. The molecule has 0 spiro atoms. The Morgan fingerprint density at radius 1 is 1.00 bits per heavy atom. The highest BCUT2D eigenvalue weighted by Crippen LogP contribution is 2.36. The molecule has 2 fully saturated rings. The minimum absolute atomic E-state index is 0.593. The molecule has 4 heteroatoms. The molecule has 3 N–H and O–H groups in total. The Morgan fingerprint density at radius 3 is 2.39 bits per heavy atom. The summed E-state index contributed by atoms with van der Waals surface area (Å²) in [6, 6.07) is 0. The standard InChI is InChI=1S/C14H24N4/c15-9-10-5-7-12(8-6-10)14-16-13(17-18-14)11-3-1-2-4-11/h10-12H,1-9,15H2,(H,16,17,18). The van der Waals surface area contributed by atoms with Gasteiger partial charge < -0.3 is 5.73 Å². The van der Waals surface area contributed by atoms with Crippen LogP contribution in [-0.4, -0.2) is 21.7 Å². The van der Waals surface area contributed by atoms with Crippen LogP contribution in [0.3, 0.4) is 0 Å². The third kappa shape index (κ3) is 2.44. The van der Waals surface area contributed by atoms with Crippen molar-refractivity contribution in [3.05, 3.63) is 11.6 Å². The first-order valence-electron chi connectivity index (χ1n) is 7.49. The normalized spacial score (nSPS) is 29.8. The van der Waals surface area contributed by atoms with E-state index in [-0.39, 0.29) is 0 Å². The zero-order valence-electron chi connectivity index (χ0n) is 11.1. The van der Waals surface area contributed by atoms with Crippen molar-refractivity contribution in [1.29, 1.82) is 0 Å². The summed E-state index contributed by atoms with van der Waals surface area (Å²) >= 11 is 0. The van der Waals surface area contributed by atoms with Crippen LogP contribution in [0.1, 0.15) is 74.9 Å². The van der Waals surface area contributed by atoms with Crippen molar-refractivity contribution in [3.8, 4) is 0 Å². The second-order valence-corrected chi connectivity index (χ2v) is 6.01. The molecule has 2 saturated carbocycles. The summed E-state index contributed by atoms with van der Waals surface area (Å²) < 4.78 is 0. The quantitative estimate of drug-likeness (QED) is 0.864. The highest BCUT2D eigenvalue weighted by atomic mass is 15.2. The lowest BCUT2D eigenvalue weighted by Crippen LogP contribution is -2.21. The summed E-state index contributed by atoms with van der Waals surface area (Å²) in [5, 5.41) is 7.64. The van der Waals surface area contributed by atoms with Crippen molar-refractivity contribution in [1.82, 2.24) is 15.2 Å². The van der Waals surface area contributed by atoms with Crippen LogP contribution in [0.4, 0.5) is 0 Å². The molecule has 18 heavy (non-hydrogen) atoms. The number of rotatable bonds is 3. The van der Waals surface area contributed by atoms with Crippen LogP contribution in [0.25, 0.3) is 0 Å². The van der Waals surface area contributed by atoms with Gasteiger partial charge in [0.2, 0.25) is 0 Å². The minimum Gasteiger partial charge on any atom is -0.330 e. The molecular weight excluding hydrogens is 224 g/mol. The third-order valence-electron chi connectivity index (χ3n) is 4.81. The van der Waals surface area contributed by atoms with E-state index in [4.69, 9.17) is 10.7 Å². The van der Waals surface area contributed by atoms with Crippen molar-refractivity contribution in [2.75, 3.05) is 6.54 Å². The molecule has 0 radical (unpaired) electrons. The molecule has 2 aliphatic carbocycles. The molecule has 0 bridgehead atoms. The lowest BCUT2D eigenvalue weighted by atomic mass is 9.82. The number of nitrogens with zero attached hydrogens (tertiary/aromatic N) is 2. The molecule has 0 amide bonds. The Morgan fingerprint density at radius 2 is 1.72 bits per heavy atom. The van der Waals surface area contributed by atoms with Crippen LogP contribution in [0, 0.1) is 5.92 Å². The predicted octanol–water partition coefficient (Wildman–Crippen LogP) is 2.69. The Balaban J connectivity index is 1.62. The number of aromatic amines is 1. The number of H-pyrrole nitrogens is 1. The van der Waals surface area contributed by atoms with Crippen LogP contribution >= 0.6 is 0 Å². The van der Waals surface area contributed by atoms with Crippen molar-refractivity contribution in [2.24, 2.45) is 11.7 Å². The first kappa shape index (κ1) is 12.2. The first-order chi connectivity index (χ1) is 8.86. The van der Waals surface area contributed by atoms with Crippen LogP contribution in [0.5, 0.6) is 0 Å². The maximum absolute atomic E-state index is 5.74. The molecule has 0 unspecified atom stereocenters. The van der Waals surface area contributed by atoms with Gasteiger partial charge in [0, 0.05) is 11.8 Å². The molecule has 1 aromatic rings. The van der Waals surface area contributed by atoms with Gasteiger partial charge in [-0.15, -0.1) is 0 Å². The first-order valence-corrected chi connectivity index (χ1v) is 7.49. The highest BCUT2D eigenvalue weighted by molar-refractivity contribution is 5.04. The van der Waals surface area contributed by atoms with Crippen LogP contribution in [-0.2, 0) is 0 Å². The lowest BCUT2D eigenvalue weighted by molar-refractivity contribution is 0.325. The van der Waals surface area contributed by atoms with E-state index in [1.807, 2.05) is 0 Å². The van der Waals surface area contributed by atoms with Crippen LogP contribution in [0.15, 0.2) is 0 Å². The topological polar surface area (TPSA) is 67.6 Å². The van der Waals surface area contributed by atoms with Gasteiger partial charge in [-0.25, -0.2) is 4.98 Å². The minimum atomic E-state index is 0.593. The van der Waals surface area contributed by atoms with E-state index in [1.165, 1.54) is 51.4 Å². The molecule has 0 atom stereocenters. The molecule has 0 saturated heterocycles. The maximum atomic E-state index is 5.74. The van der Waals surface area contributed by atoms with Gasteiger partial charge in [-0.2, -0.15) is 5.10 Å². The number of nitrogens with one attached hydrogen (secondary N) is 1. The van der Waals surface area contributed by atoms with Crippen LogP contribution < -0.4 is 5.73 Å². The molecule has 0 aliphatic heterocycles. The van der Waals surface area contributed by atoms with Gasteiger partial charge in [0.05, 0.1) is 0 Å². The fourth-order valence-corrected chi connectivity index (χ4v) is 3.51. The number of aromatic nitrogens is 3. The monoisotopic (exact) mass is 248 g/mol. The summed E-state index contributed by atoms with van der Waals surface area (Å²) in [6.45, 7) is 0.844. The summed E-state index contributed by atoms with van der Waals surface area (Å²) in [7, 11) is 0. The van der Waals surface area contributed by atoms with Gasteiger partial charge in [-0.05, 0) is 51.0 Å². The molecule has 2 aliphatic rings. The Kier molecular flexibility index (Phi) is 3.64. The zero-order chi connectivity index (χ0) is 12.4. The van der Waals surface area contributed by atoms with Gasteiger partial charge in [0.15, 0.2) is 5.82 Å². The van der Waals surface area contributed by atoms with Crippen molar-refractivity contribution >= 4 is 0 Å². The van der Waals surface area contributed by atoms with Gasteiger partial charge >= 0.3 is 0 Å². The second kappa shape index (κ2) is 5.39. The van der Waals surface area contributed by atoms with Crippen molar-refractivity contribution in [3.63, 3.8) is 0 Å². The fourth-order valence-electron chi connectivity index (χ4n) is 3.51. The molecule has 100 valence electrons. The molecule has 1 heterocycles. The third-order valence-corrected chi connectivity index (χ3v) is 4.81.